The molecule has 2 heterocycles. The van der Waals surface area contributed by atoms with Crippen molar-refractivity contribution in [2.24, 2.45) is 0 Å². The van der Waals surface area contributed by atoms with Gasteiger partial charge in [-0.2, -0.15) is 4.31 Å². The summed E-state index contributed by atoms with van der Waals surface area (Å²) in [4.78, 5) is 26.0. The van der Waals surface area contributed by atoms with Crippen LogP contribution in [0.2, 0.25) is 0 Å². The Morgan fingerprint density at radius 3 is 2.66 bits per heavy atom. The zero-order valence-corrected chi connectivity index (χ0v) is 18.9. The highest BCUT2D eigenvalue weighted by Gasteiger charge is 2.31. The number of fused-ring (bicyclic) bond motifs is 2. The largest absolute Gasteiger partial charge is 0.454 e. The number of nitrogens with one attached hydrogen (secondary N) is 1. The molecule has 0 fully saturated rings. The lowest BCUT2D eigenvalue weighted by Gasteiger charge is -2.21. The first-order chi connectivity index (χ1) is 15.2. The van der Waals surface area contributed by atoms with Gasteiger partial charge in [0.2, 0.25) is 28.6 Å². The Morgan fingerprint density at radius 2 is 1.91 bits per heavy atom. The fraction of sp³-hybridized carbons (Fsp3) is 0.364. The second-order valence-electron chi connectivity index (χ2n) is 7.96. The van der Waals surface area contributed by atoms with Crippen LogP contribution >= 0.6 is 0 Å². The molecule has 0 radical (unpaired) electrons. The van der Waals surface area contributed by atoms with Crippen molar-refractivity contribution in [1.82, 2.24) is 9.62 Å². The van der Waals surface area contributed by atoms with Gasteiger partial charge < -0.3 is 19.7 Å². The number of likely N-dealkylation sites (N-methyl/N-ethyl adjacent to an activating group) is 1. The van der Waals surface area contributed by atoms with E-state index in [9.17, 15) is 18.0 Å². The topological polar surface area (TPSA) is 105 Å². The molecule has 0 aromatic heterocycles. The summed E-state index contributed by atoms with van der Waals surface area (Å²) in [6, 6.07) is 10.0. The second-order valence-corrected chi connectivity index (χ2v) is 10.0. The Bertz CT molecular complexity index is 1180. The molecular formula is C22H25N3O6S. The minimum atomic E-state index is -3.87. The van der Waals surface area contributed by atoms with E-state index in [0.717, 1.165) is 21.1 Å². The molecule has 10 heteroatoms. The summed E-state index contributed by atoms with van der Waals surface area (Å²) in [6.07, 6.45) is 0.581. The summed E-state index contributed by atoms with van der Waals surface area (Å²) in [7, 11) is -2.50. The predicted octanol–water partition coefficient (Wildman–Crippen LogP) is 1.65. The van der Waals surface area contributed by atoms with E-state index in [2.05, 4.69) is 5.32 Å². The summed E-state index contributed by atoms with van der Waals surface area (Å²) in [5.74, 6) is 0.765. The second kappa shape index (κ2) is 8.44. The van der Waals surface area contributed by atoms with Gasteiger partial charge in [-0.3, -0.25) is 9.59 Å². The summed E-state index contributed by atoms with van der Waals surface area (Å²) in [5, 5.41) is 2.72. The Balaban J connectivity index is 1.40. The number of ether oxygens (including phenoxy) is 2. The van der Waals surface area contributed by atoms with E-state index in [1.165, 1.54) is 20.0 Å². The third kappa shape index (κ3) is 4.15. The van der Waals surface area contributed by atoms with Gasteiger partial charge >= 0.3 is 0 Å². The SMILES string of the molecule is CC(=O)N1c2ccc(S(=O)(=O)N(C)CC(=O)NCc3ccc4c(c3)OCO4)cc2C[C@@H]1C. The van der Waals surface area contributed by atoms with E-state index in [1.54, 1.807) is 29.2 Å². The van der Waals surface area contributed by atoms with Gasteiger partial charge in [0.1, 0.15) is 0 Å². The maximum atomic E-state index is 13.0. The van der Waals surface area contributed by atoms with Crippen LogP contribution in [-0.2, 0) is 32.6 Å². The van der Waals surface area contributed by atoms with Crippen LogP contribution in [0.5, 0.6) is 11.5 Å². The molecule has 0 spiro atoms. The van der Waals surface area contributed by atoms with Crippen LogP contribution in [0, 0.1) is 0 Å². The molecule has 0 saturated heterocycles. The average Bonchev–Trinajstić information content (AvgIpc) is 3.34. The molecule has 0 unspecified atom stereocenters. The number of carbonyl (C=O) groups excluding carboxylic acids is 2. The van der Waals surface area contributed by atoms with Crippen LogP contribution < -0.4 is 19.7 Å². The van der Waals surface area contributed by atoms with Crippen LogP contribution in [0.3, 0.4) is 0 Å². The molecule has 4 rings (SSSR count). The standard InChI is InChI=1S/C22H25N3O6S/c1-14-8-17-10-18(5-6-19(17)25(14)15(2)26)32(28,29)24(3)12-22(27)23-11-16-4-7-20-21(9-16)31-13-30-20/h4-7,9-10,14H,8,11-13H2,1-3H3,(H,23,27)/t14-/m0/s1. The van der Waals surface area contributed by atoms with Gasteiger partial charge in [0.05, 0.1) is 11.4 Å². The first-order valence-corrected chi connectivity index (χ1v) is 11.6. The molecule has 2 aromatic carbocycles. The Kier molecular flexibility index (Phi) is 5.83. The third-order valence-corrected chi connectivity index (χ3v) is 7.41. The van der Waals surface area contributed by atoms with Crippen LogP contribution in [0.1, 0.15) is 25.0 Å². The molecule has 9 nitrogen and oxygen atoms in total. The minimum Gasteiger partial charge on any atom is -0.454 e. The van der Waals surface area contributed by atoms with Crippen LogP contribution in [0.4, 0.5) is 5.69 Å². The summed E-state index contributed by atoms with van der Waals surface area (Å²) >= 11 is 0. The van der Waals surface area contributed by atoms with Crippen LogP contribution in [0.25, 0.3) is 0 Å². The number of nitrogens with zero attached hydrogens (tertiary/aromatic N) is 2. The fourth-order valence-corrected chi connectivity index (χ4v) is 5.20. The first-order valence-electron chi connectivity index (χ1n) is 10.2. The fourth-order valence-electron chi connectivity index (χ4n) is 4.02. The van der Waals surface area contributed by atoms with Gasteiger partial charge in [-0.05, 0) is 54.8 Å². The summed E-state index contributed by atoms with van der Waals surface area (Å²) in [5.41, 5.74) is 2.35. The van der Waals surface area contributed by atoms with Crippen molar-refractivity contribution in [3.63, 3.8) is 0 Å². The van der Waals surface area contributed by atoms with E-state index in [4.69, 9.17) is 9.47 Å². The van der Waals surface area contributed by atoms with Gasteiger partial charge in [-0.25, -0.2) is 8.42 Å². The molecular weight excluding hydrogens is 434 g/mol. The number of rotatable bonds is 6. The van der Waals surface area contributed by atoms with E-state index in [1.807, 2.05) is 13.0 Å². The third-order valence-electron chi connectivity index (χ3n) is 5.61. The lowest BCUT2D eigenvalue weighted by Crippen LogP contribution is -2.38. The number of hydrogen-bond donors (Lipinski definition) is 1. The molecule has 1 atom stereocenters. The van der Waals surface area contributed by atoms with Crippen molar-refractivity contribution in [2.75, 3.05) is 25.3 Å². The lowest BCUT2D eigenvalue weighted by atomic mass is 10.1. The molecule has 170 valence electrons. The highest BCUT2D eigenvalue weighted by Crippen LogP contribution is 2.34. The number of carbonyl (C=O) groups is 2. The molecule has 32 heavy (non-hydrogen) atoms. The Hall–Kier alpha value is -3.11. The summed E-state index contributed by atoms with van der Waals surface area (Å²) in [6.45, 7) is 3.50. The Morgan fingerprint density at radius 1 is 1.16 bits per heavy atom. The number of anilines is 1. The monoisotopic (exact) mass is 459 g/mol. The summed E-state index contributed by atoms with van der Waals surface area (Å²) < 4.78 is 37.6. The smallest absolute Gasteiger partial charge is 0.243 e. The molecule has 0 aliphatic carbocycles. The zero-order chi connectivity index (χ0) is 23.0. The molecule has 0 bridgehead atoms. The van der Waals surface area contributed by atoms with Crippen molar-refractivity contribution >= 4 is 27.5 Å². The number of sulfonamides is 1. The van der Waals surface area contributed by atoms with Crippen molar-refractivity contribution in [3.05, 3.63) is 47.5 Å². The molecule has 2 aliphatic heterocycles. The van der Waals surface area contributed by atoms with Gasteiger partial charge in [-0.1, -0.05) is 6.07 Å². The van der Waals surface area contributed by atoms with E-state index < -0.39 is 15.9 Å². The van der Waals surface area contributed by atoms with Crippen molar-refractivity contribution in [3.8, 4) is 11.5 Å². The highest BCUT2D eigenvalue weighted by atomic mass is 32.2. The van der Waals surface area contributed by atoms with Gasteiger partial charge in [-0.15, -0.1) is 0 Å². The van der Waals surface area contributed by atoms with Crippen LogP contribution in [0.15, 0.2) is 41.3 Å². The molecule has 0 saturated carbocycles. The molecule has 2 aliphatic rings. The van der Waals surface area contributed by atoms with Crippen molar-refractivity contribution in [2.45, 2.75) is 37.8 Å². The normalized spacial score (nSPS) is 16.9. The van der Waals surface area contributed by atoms with Gasteiger partial charge in [0.15, 0.2) is 11.5 Å². The highest BCUT2D eigenvalue weighted by molar-refractivity contribution is 7.89. The lowest BCUT2D eigenvalue weighted by molar-refractivity contribution is -0.121. The molecule has 2 amide bonds. The number of benzene rings is 2. The minimum absolute atomic E-state index is 0.0276. The van der Waals surface area contributed by atoms with E-state index in [0.29, 0.717) is 17.9 Å². The first kappa shape index (κ1) is 22.1. The maximum absolute atomic E-state index is 13.0. The maximum Gasteiger partial charge on any atom is 0.243 e. The molecule has 1 N–H and O–H groups in total. The predicted molar refractivity (Wildman–Crippen MR) is 117 cm³/mol. The van der Waals surface area contributed by atoms with E-state index >= 15 is 0 Å². The zero-order valence-electron chi connectivity index (χ0n) is 18.1. The average molecular weight is 460 g/mol. The molecule has 2 aromatic rings. The number of hydrogen-bond acceptors (Lipinski definition) is 6. The quantitative estimate of drug-likeness (QED) is 0.704. The Labute approximate surface area is 187 Å². The van der Waals surface area contributed by atoms with Gasteiger partial charge in [0, 0.05) is 32.2 Å². The van der Waals surface area contributed by atoms with Crippen LogP contribution in [-0.4, -0.2) is 51.0 Å². The van der Waals surface area contributed by atoms with Crippen molar-refractivity contribution < 1.29 is 27.5 Å². The van der Waals surface area contributed by atoms with E-state index in [-0.39, 0.29) is 36.7 Å². The number of amides is 2. The van der Waals surface area contributed by atoms with Crippen molar-refractivity contribution in [1.29, 1.82) is 0 Å². The van der Waals surface area contributed by atoms with Gasteiger partial charge in [0.25, 0.3) is 0 Å².